The van der Waals surface area contributed by atoms with Gasteiger partial charge in [0, 0.05) is 33.2 Å². The molecular formula is C22H23N5O3. The summed E-state index contributed by atoms with van der Waals surface area (Å²) >= 11 is 0. The van der Waals surface area contributed by atoms with Gasteiger partial charge in [-0.15, -0.1) is 0 Å². The maximum atomic E-state index is 12.4. The second kappa shape index (κ2) is 8.51. The van der Waals surface area contributed by atoms with E-state index in [1.54, 1.807) is 19.2 Å². The highest BCUT2D eigenvalue weighted by Crippen LogP contribution is 2.27. The number of nitriles is 1. The van der Waals surface area contributed by atoms with Crippen molar-refractivity contribution in [2.75, 3.05) is 24.6 Å². The zero-order valence-corrected chi connectivity index (χ0v) is 17.0. The first-order valence-electron chi connectivity index (χ1n) is 9.97. The molecule has 4 rings (SSSR count). The van der Waals surface area contributed by atoms with Crippen LogP contribution in [0.4, 0.5) is 5.82 Å². The number of rotatable bonds is 5. The zero-order valence-electron chi connectivity index (χ0n) is 17.0. The third-order valence-electron chi connectivity index (χ3n) is 5.26. The Hall–Kier alpha value is -3.44. The summed E-state index contributed by atoms with van der Waals surface area (Å²) in [5.41, 5.74) is 1.10. The molecule has 0 N–H and O–H groups in total. The summed E-state index contributed by atoms with van der Waals surface area (Å²) in [5, 5.41) is 9.26. The lowest BCUT2D eigenvalue weighted by Gasteiger charge is -2.38. The molecule has 8 nitrogen and oxygen atoms in total. The summed E-state index contributed by atoms with van der Waals surface area (Å²) < 4.78 is 13.6. The topological polar surface area (TPSA) is 93.3 Å². The highest BCUT2D eigenvalue weighted by Gasteiger charge is 2.33. The fraction of sp³-hybridized carbons (Fsp3) is 0.364. The van der Waals surface area contributed by atoms with Gasteiger partial charge in [-0.3, -0.25) is 4.57 Å². The minimum absolute atomic E-state index is 0.107. The molecule has 154 valence electrons. The van der Waals surface area contributed by atoms with Crippen LogP contribution in [0.25, 0.3) is 11.0 Å². The molecule has 3 heterocycles. The quantitative estimate of drug-likeness (QED) is 0.643. The van der Waals surface area contributed by atoms with Crippen LogP contribution in [-0.2, 0) is 11.8 Å². The Balaban J connectivity index is 1.67. The number of piperidine rings is 1. The third-order valence-corrected chi connectivity index (χ3v) is 5.26. The van der Waals surface area contributed by atoms with Gasteiger partial charge < -0.3 is 14.4 Å². The number of aromatic nitrogens is 3. The molecule has 0 radical (unpaired) electrons. The molecule has 0 aliphatic carbocycles. The molecular weight excluding hydrogens is 382 g/mol. The Bertz CT molecular complexity index is 1140. The largest absolute Gasteiger partial charge is 0.488 e. The monoisotopic (exact) mass is 405 g/mol. The number of benzene rings is 1. The number of nitrogens with zero attached hydrogens (tertiary/aromatic N) is 5. The molecule has 1 aliphatic rings. The van der Waals surface area contributed by atoms with Crippen molar-refractivity contribution in [3.05, 3.63) is 58.6 Å². The van der Waals surface area contributed by atoms with E-state index in [-0.39, 0.29) is 23.6 Å². The second-order valence-corrected chi connectivity index (χ2v) is 7.15. The Morgan fingerprint density at radius 3 is 2.70 bits per heavy atom. The van der Waals surface area contributed by atoms with Crippen molar-refractivity contribution in [2.24, 2.45) is 7.05 Å². The van der Waals surface area contributed by atoms with E-state index in [0.717, 1.165) is 5.75 Å². The fourth-order valence-electron chi connectivity index (χ4n) is 3.76. The lowest BCUT2D eigenvalue weighted by Crippen LogP contribution is -2.51. The first kappa shape index (κ1) is 19.9. The van der Waals surface area contributed by atoms with Crippen LogP contribution in [0.15, 0.2) is 47.3 Å². The van der Waals surface area contributed by atoms with Crippen molar-refractivity contribution in [2.45, 2.75) is 25.6 Å². The van der Waals surface area contributed by atoms with Crippen molar-refractivity contribution in [1.82, 2.24) is 14.5 Å². The van der Waals surface area contributed by atoms with Gasteiger partial charge in [0.25, 0.3) is 0 Å². The number of anilines is 1. The van der Waals surface area contributed by atoms with Gasteiger partial charge in [-0.25, -0.2) is 9.78 Å². The van der Waals surface area contributed by atoms with Gasteiger partial charge in [0.1, 0.15) is 35.2 Å². The van der Waals surface area contributed by atoms with E-state index in [0.29, 0.717) is 43.0 Å². The highest BCUT2D eigenvalue weighted by molar-refractivity contribution is 5.86. The van der Waals surface area contributed by atoms with E-state index in [2.05, 4.69) is 16.0 Å². The van der Waals surface area contributed by atoms with Gasteiger partial charge in [0.05, 0.1) is 5.52 Å². The van der Waals surface area contributed by atoms with Crippen LogP contribution in [0.5, 0.6) is 5.75 Å². The number of para-hydroxylation sites is 1. The first-order chi connectivity index (χ1) is 14.6. The van der Waals surface area contributed by atoms with Gasteiger partial charge in [0.15, 0.2) is 5.82 Å². The number of hydrogen-bond acceptors (Lipinski definition) is 7. The van der Waals surface area contributed by atoms with Crippen molar-refractivity contribution in [3.63, 3.8) is 0 Å². The van der Waals surface area contributed by atoms with E-state index in [1.807, 2.05) is 42.2 Å². The van der Waals surface area contributed by atoms with E-state index in [4.69, 9.17) is 9.47 Å². The number of fused-ring (bicyclic) bond motifs is 1. The standard InChI is InChI=1S/C22H23N5O3/c1-3-29-19-14-27(12-11-18(19)30-16-7-5-4-6-8-16)21-20-17(26(2)22(28)25-21)10-9-15(13-23)24-20/h4-10,18-19H,3,11-12,14H2,1-2H3. The van der Waals surface area contributed by atoms with E-state index in [1.165, 1.54) is 4.57 Å². The molecule has 0 saturated carbocycles. The Labute approximate surface area is 174 Å². The predicted molar refractivity (Wildman–Crippen MR) is 113 cm³/mol. The maximum absolute atomic E-state index is 12.4. The Kier molecular flexibility index (Phi) is 5.63. The summed E-state index contributed by atoms with van der Waals surface area (Å²) in [6.45, 7) is 3.65. The van der Waals surface area contributed by atoms with Gasteiger partial charge in [-0.1, -0.05) is 18.2 Å². The van der Waals surface area contributed by atoms with Crippen LogP contribution in [-0.4, -0.2) is 46.4 Å². The molecule has 1 aliphatic heterocycles. The number of pyridine rings is 1. The molecule has 2 atom stereocenters. The lowest BCUT2D eigenvalue weighted by atomic mass is 10.0. The number of ether oxygens (including phenoxy) is 2. The molecule has 0 amide bonds. The Morgan fingerprint density at radius 2 is 1.97 bits per heavy atom. The van der Waals surface area contributed by atoms with E-state index >= 15 is 0 Å². The predicted octanol–water partition coefficient (Wildman–Crippen LogP) is 2.26. The van der Waals surface area contributed by atoms with E-state index < -0.39 is 0 Å². The SMILES string of the molecule is CCOC1CN(c2nc(=O)n(C)c3ccc(C#N)nc23)CCC1Oc1ccccc1. The highest BCUT2D eigenvalue weighted by atomic mass is 16.5. The summed E-state index contributed by atoms with van der Waals surface area (Å²) in [4.78, 5) is 23.1. The fourth-order valence-corrected chi connectivity index (χ4v) is 3.76. The average Bonchev–Trinajstić information content (AvgIpc) is 2.78. The normalized spacial score (nSPS) is 18.9. The molecule has 1 aromatic carbocycles. The molecule has 2 unspecified atom stereocenters. The van der Waals surface area contributed by atoms with Crippen molar-refractivity contribution in [1.29, 1.82) is 5.26 Å². The molecule has 0 bridgehead atoms. The van der Waals surface area contributed by atoms with Crippen LogP contribution < -0.4 is 15.3 Å². The van der Waals surface area contributed by atoms with Gasteiger partial charge >= 0.3 is 5.69 Å². The van der Waals surface area contributed by atoms with Crippen molar-refractivity contribution >= 4 is 16.9 Å². The van der Waals surface area contributed by atoms with E-state index in [9.17, 15) is 10.1 Å². The molecule has 8 heteroatoms. The summed E-state index contributed by atoms with van der Waals surface area (Å²) in [6.07, 6.45) is 0.406. The Morgan fingerprint density at radius 1 is 1.17 bits per heavy atom. The summed E-state index contributed by atoms with van der Waals surface area (Å²) in [6, 6.07) is 15.1. The average molecular weight is 405 g/mol. The molecule has 0 spiro atoms. The van der Waals surface area contributed by atoms with Crippen LogP contribution in [0.3, 0.4) is 0 Å². The van der Waals surface area contributed by atoms with Crippen molar-refractivity contribution < 1.29 is 9.47 Å². The summed E-state index contributed by atoms with van der Waals surface area (Å²) in [5.74, 6) is 1.28. The van der Waals surface area contributed by atoms with Gasteiger partial charge in [0.2, 0.25) is 0 Å². The number of aryl methyl sites for hydroxylation is 1. The van der Waals surface area contributed by atoms with Gasteiger partial charge in [-0.05, 0) is 31.2 Å². The molecule has 30 heavy (non-hydrogen) atoms. The van der Waals surface area contributed by atoms with Crippen molar-refractivity contribution in [3.8, 4) is 11.8 Å². The number of hydrogen-bond donors (Lipinski definition) is 0. The van der Waals surface area contributed by atoms with Gasteiger partial charge in [-0.2, -0.15) is 10.2 Å². The van der Waals surface area contributed by atoms with Crippen LogP contribution in [0.2, 0.25) is 0 Å². The van der Waals surface area contributed by atoms with Crippen LogP contribution in [0.1, 0.15) is 19.0 Å². The first-order valence-corrected chi connectivity index (χ1v) is 9.97. The summed E-state index contributed by atoms with van der Waals surface area (Å²) in [7, 11) is 1.65. The lowest BCUT2D eigenvalue weighted by molar-refractivity contribution is -0.0281. The van der Waals surface area contributed by atoms with Crippen LogP contribution in [0, 0.1) is 11.3 Å². The molecule has 1 fully saturated rings. The minimum atomic E-state index is -0.361. The molecule has 2 aromatic heterocycles. The smallest absolute Gasteiger partial charge is 0.349 e. The van der Waals surface area contributed by atoms with Crippen LogP contribution >= 0.6 is 0 Å². The molecule has 3 aromatic rings. The zero-order chi connectivity index (χ0) is 21.1. The maximum Gasteiger partial charge on any atom is 0.349 e. The second-order valence-electron chi connectivity index (χ2n) is 7.15. The molecule has 1 saturated heterocycles. The third kappa shape index (κ3) is 3.84. The minimum Gasteiger partial charge on any atom is -0.488 e.